The van der Waals surface area contributed by atoms with Crippen LogP contribution in [0.2, 0.25) is 0 Å². The highest BCUT2D eigenvalue weighted by Gasteiger charge is 2.08. The van der Waals surface area contributed by atoms with E-state index in [4.69, 9.17) is 9.47 Å². The van der Waals surface area contributed by atoms with Crippen LogP contribution < -0.4 is 5.32 Å². The molecule has 5 heteroatoms. The molecule has 0 unspecified atom stereocenters. The van der Waals surface area contributed by atoms with E-state index in [1.54, 1.807) is 14.2 Å². The minimum Gasteiger partial charge on any atom is -0.383 e. The zero-order chi connectivity index (χ0) is 15.5. The molecule has 0 aliphatic carbocycles. The monoisotopic (exact) mass is 314 g/mol. The van der Waals surface area contributed by atoms with Gasteiger partial charge in [0.15, 0.2) is 0 Å². The molecule has 1 aromatic rings. The lowest BCUT2D eigenvalue weighted by molar-refractivity contribution is 0.111. The average molecular weight is 314 g/mol. The summed E-state index contributed by atoms with van der Waals surface area (Å²) in [6, 6.07) is 4.47. The molecule has 0 bridgehead atoms. The summed E-state index contributed by atoms with van der Waals surface area (Å²) in [6.07, 6.45) is 0. The van der Waals surface area contributed by atoms with E-state index in [0.717, 1.165) is 45.9 Å². The Bertz CT molecular complexity index is 361. The minimum absolute atomic E-state index is 0.697. The van der Waals surface area contributed by atoms with Gasteiger partial charge in [0.1, 0.15) is 0 Å². The van der Waals surface area contributed by atoms with E-state index in [1.165, 1.54) is 9.75 Å². The molecule has 1 aromatic heterocycles. The molecule has 4 nitrogen and oxygen atoms in total. The summed E-state index contributed by atoms with van der Waals surface area (Å²) in [5.41, 5.74) is 0. The molecule has 0 aliphatic rings. The van der Waals surface area contributed by atoms with Gasteiger partial charge in [-0.3, -0.25) is 4.90 Å². The molecule has 0 radical (unpaired) electrons. The number of methoxy groups -OCH3 is 2. The normalized spacial score (nSPS) is 11.7. The molecule has 0 aromatic carbocycles. The van der Waals surface area contributed by atoms with Crippen LogP contribution in [-0.2, 0) is 22.6 Å². The second kappa shape index (κ2) is 11.2. The molecule has 0 atom stereocenters. The third-order valence-corrected chi connectivity index (χ3v) is 4.24. The van der Waals surface area contributed by atoms with Crippen molar-refractivity contribution in [2.45, 2.75) is 26.9 Å². The van der Waals surface area contributed by atoms with Crippen LogP contribution in [0.4, 0.5) is 0 Å². The van der Waals surface area contributed by atoms with E-state index >= 15 is 0 Å². The summed E-state index contributed by atoms with van der Waals surface area (Å²) in [7, 11) is 3.50. The first-order valence-electron chi connectivity index (χ1n) is 7.64. The SMILES string of the molecule is COCCN(CCOC)Cc1ccc(CNCC(C)C)s1. The van der Waals surface area contributed by atoms with Crippen molar-refractivity contribution in [1.29, 1.82) is 0 Å². The number of nitrogens with zero attached hydrogens (tertiary/aromatic N) is 1. The van der Waals surface area contributed by atoms with Crippen LogP contribution in [-0.4, -0.2) is 52.0 Å². The summed E-state index contributed by atoms with van der Waals surface area (Å²) >= 11 is 1.89. The Morgan fingerprint density at radius 3 is 2.29 bits per heavy atom. The molecule has 0 saturated heterocycles. The molecular formula is C16H30N2O2S. The predicted molar refractivity (Wildman–Crippen MR) is 89.9 cm³/mol. The summed E-state index contributed by atoms with van der Waals surface area (Å²) in [6.45, 7) is 10.9. The van der Waals surface area contributed by atoms with Crippen LogP contribution in [0.25, 0.3) is 0 Å². The predicted octanol–water partition coefficient (Wildman–Crippen LogP) is 2.59. The van der Waals surface area contributed by atoms with Gasteiger partial charge in [0, 0.05) is 50.2 Å². The highest BCUT2D eigenvalue weighted by molar-refractivity contribution is 7.11. The van der Waals surface area contributed by atoms with Gasteiger partial charge in [0.05, 0.1) is 13.2 Å². The molecule has 122 valence electrons. The molecule has 0 amide bonds. The van der Waals surface area contributed by atoms with E-state index < -0.39 is 0 Å². The average Bonchev–Trinajstić information content (AvgIpc) is 2.89. The number of thiophene rings is 1. The Kier molecular flexibility index (Phi) is 9.87. The van der Waals surface area contributed by atoms with Crippen molar-refractivity contribution >= 4 is 11.3 Å². The second-order valence-electron chi connectivity index (χ2n) is 5.65. The van der Waals surface area contributed by atoms with Gasteiger partial charge >= 0.3 is 0 Å². The van der Waals surface area contributed by atoms with Crippen LogP contribution in [0.5, 0.6) is 0 Å². The third kappa shape index (κ3) is 8.53. The lowest BCUT2D eigenvalue weighted by Crippen LogP contribution is -2.29. The fourth-order valence-electron chi connectivity index (χ4n) is 2.02. The summed E-state index contributed by atoms with van der Waals surface area (Å²) in [5, 5.41) is 3.49. The fraction of sp³-hybridized carbons (Fsp3) is 0.750. The Balaban J connectivity index is 2.41. The second-order valence-corrected chi connectivity index (χ2v) is 6.91. The van der Waals surface area contributed by atoms with Gasteiger partial charge in [-0.1, -0.05) is 13.8 Å². The maximum Gasteiger partial charge on any atom is 0.0589 e. The van der Waals surface area contributed by atoms with Crippen LogP contribution in [0, 0.1) is 5.92 Å². The number of hydrogen-bond acceptors (Lipinski definition) is 5. The largest absolute Gasteiger partial charge is 0.383 e. The molecular weight excluding hydrogens is 284 g/mol. The summed E-state index contributed by atoms with van der Waals surface area (Å²) < 4.78 is 10.4. The van der Waals surface area contributed by atoms with Gasteiger partial charge in [-0.2, -0.15) is 0 Å². The Morgan fingerprint density at radius 1 is 1.10 bits per heavy atom. The first kappa shape index (κ1) is 18.6. The highest BCUT2D eigenvalue weighted by atomic mass is 32.1. The van der Waals surface area contributed by atoms with Gasteiger partial charge in [0.25, 0.3) is 0 Å². The van der Waals surface area contributed by atoms with Crippen molar-refractivity contribution < 1.29 is 9.47 Å². The van der Waals surface area contributed by atoms with Crippen molar-refractivity contribution in [3.05, 3.63) is 21.9 Å². The van der Waals surface area contributed by atoms with Gasteiger partial charge in [0.2, 0.25) is 0 Å². The Morgan fingerprint density at radius 2 is 1.71 bits per heavy atom. The Hall–Kier alpha value is -0.460. The van der Waals surface area contributed by atoms with Crippen molar-refractivity contribution in [1.82, 2.24) is 10.2 Å². The lowest BCUT2D eigenvalue weighted by atomic mass is 10.2. The summed E-state index contributed by atoms with van der Waals surface area (Å²) in [5.74, 6) is 0.697. The van der Waals surface area contributed by atoms with Gasteiger partial charge < -0.3 is 14.8 Å². The Labute approximate surface area is 133 Å². The van der Waals surface area contributed by atoms with E-state index in [2.05, 4.69) is 36.2 Å². The maximum atomic E-state index is 5.18. The van der Waals surface area contributed by atoms with Crippen LogP contribution in [0.15, 0.2) is 12.1 Å². The first-order valence-corrected chi connectivity index (χ1v) is 8.46. The van der Waals surface area contributed by atoms with Crippen LogP contribution in [0.3, 0.4) is 0 Å². The lowest BCUT2D eigenvalue weighted by Gasteiger charge is -2.20. The number of ether oxygens (including phenoxy) is 2. The van der Waals surface area contributed by atoms with Gasteiger partial charge in [-0.25, -0.2) is 0 Å². The van der Waals surface area contributed by atoms with Crippen molar-refractivity contribution in [2.75, 3.05) is 47.1 Å². The maximum absolute atomic E-state index is 5.18. The van der Waals surface area contributed by atoms with E-state index in [0.29, 0.717) is 5.92 Å². The smallest absolute Gasteiger partial charge is 0.0589 e. The van der Waals surface area contributed by atoms with Crippen molar-refractivity contribution in [2.24, 2.45) is 5.92 Å². The fourth-order valence-corrected chi connectivity index (χ4v) is 3.05. The topological polar surface area (TPSA) is 33.7 Å². The molecule has 1 rings (SSSR count). The third-order valence-electron chi connectivity index (χ3n) is 3.17. The molecule has 0 saturated carbocycles. The number of rotatable bonds is 12. The quantitative estimate of drug-likeness (QED) is 0.643. The highest BCUT2D eigenvalue weighted by Crippen LogP contribution is 2.18. The van der Waals surface area contributed by atoms with Crippen molar-refractivity contribution in [3.8, 4) is 0 Å². The number of hydrogen-bond donors (Lipinski definition) is 1. The zero-order valence-electron chi connectivity index (χ0n) is 13.9. The zero-order valence-corrected chi connectivity index (χ0v) is 14.7. The molecule has 0 aliphatic heterocycles. The minimum atomic E-state index is 0.697. The summed E-state index contributed by atoms with van der Waals surface area (Å²) in [4.78, 5) is 5.19. The standard InChI is InChI=1S/C16H30N2O2S/c1-14(2)11-17-12-15-5-6-16(21-15)13-18(7-9-19-3)8-10-20-4/h5-6,14,17H,7-13H2,1-4H3. The van der Waals surface area contributed by atoms with Crippen molar-refractivity contribution in [3.63, 3.8) is 0 Å². The van der Waals surface area contributed by atoms with Crippen LogP contribution in [0.1, 0.15) is 23.6 Å². The van der Waals surface area contributed by atoms with E-state index in [-0.39, 0.29) is 0 Å². The van der Waals surface area contributed by atoms with E-state index in [9.17, 15) is 0 Å². The van der Waals surface area contributed by atoms with Gasteiger partial charge in [-0.15, -0.1) is 11.3 Å². The molecule has 21 heavy (non-hydrogen) atoms. The molecule has 0 fully saturated rings. The van der Waals surface area contributed by atoms with Crippen LogP contribution >= 0.6 is 11.3 Å². The number of nitrogens with one attached hydrogen (secondary N) is 1. The van der Waals surface area contributed by atoms with Gasteiger partial charge in [-0.05, 0) is 24.6 Å². The molecule has 1 heterocycles. The molecule has 0 spiro atoms. The van der Waals surface area contributed by atoms with E-state index in [1.807, 2.05) is 11.3 Å². The first-order chi connectivity index (χ1) is 10.2. The molecule has 1 N–H and O–H groups in total.